The maximum Gasteiger partial charge on any atom is 0.0456 e. The third-order valence-electron chi connectivity index (χ3n) is 2.72. The van der Waals surface area contributed by atoms with Crippen LogP contribution in [-0.2, 0) is 0 Å². The standard InChI is InChI=1S/C9H18O/c1-7(6-10)4-8-5-9(8,2)3/h7-8,10H,4-6H2,1-3H3/t7-,8?/m1/s1. The van der Waals surface area contributed by atoms with E-state index in [1.165, 1.54) is 12.8 Å². The van der Waals surface area contributed by atoms with E-state index in [-0.39, 0.29) is 0 Å². The van der Waals surface area contributed by atoms with Crippen molar-refractivity contribution in [3.8, 4) is 0 Å². The molecule has 1 unspecified atom stereocenters. The topological polar surface area (TPSA) is 20.2 Å². The largest absolute Gasteiger partial charge is 0.396 e. The molecule has 1 aliphatic rings. The van der Waals surface area contributed by atoms with Gasteiger partial charge in [-0.2, -0.15) is 0 Å². The number of rotatable bonds is 3. The molecule has 60 valence electrons. The summed E-state index contributed by atoms with van der Waals surface area (Å²) in [4.78, 5) is 0. The van der Waals surface area contributed by atoms with Crippen LogP contribution in [0.5, 0.6) is 0 Å². The van der Waals surface area contributed by atoms with Crippen LogP contribution in [0.15, 0.2) is 0 Å². The van der Waals surface area contributed by atoms with Crippen molar-refractivity contribution in [3.05, 3.63) is 0 Å². The molecule has 1 saturated carbocycles. The van der Waals surface area contributed by atoms with Gasteiger partial charge < -0.3 is 5.11 Å². The molecule has 0 aliphatic heterocycles. The molecule has 0 heterocycles. The maximum absolute atomic E-state index is 8.78. The Morgan fingerprint density at radius 1 is 1.60 bits per heavy atom. The molecule has 0 spiro atoms. The first-order valence-corrected chi connectivity index (χ1v) is 4.17. The van der Waals surface area contributed by atoms with Gasteiger partial charge in [-0.15, -0.1) is 0 Å². The van der Waals surface area contributed by atoms with Crippen molar-refractivity contribution in [2.24, 2.45) is 17.3 Å². The van der Waals surface area contributed by atoms with Gasteiger partial charge in [-0.25, -0.2) is 0 Å². The Kier molecular flexibility index (Phi) is 2.04. The second-order valence-corrected chi connectivity index (χ2v) is 4.41. The molecular formula is C9H18O. The molecule has 1 fully saturated rings. The van der Waals surface area contributed by atoms with Crippen LogP contribution >= 0.6 is 0 Å². The van der Waals surface area contributed by atoms with Gasteiger partial charge in [0.05, 0.1) is 0 Å². The van der Waals surface area contributed by atoms with Gasteiger partial charge in [0.1, 0.15) is 0 Å². The van der Waals surface area contributed by atoms with Gasteiger partial charge in [0, 0.05) is 6.61 Å². The molecule has 1 N–H and O–H groups in total. The molecule has 1 heteroatoms. The Balaban J connectivity index is 2.17. The quantitative estimate of drug-likeness (QED) is 0.639. The second-order valence-electron chi connectivity index (χ2n) is 4.41. The molecule has 0 aromatic rings. The van der Waals surface area contributed by atoms with Gasteiger partial charge in [0.25, 0.3) is 0 Å². The monoisotopic (exact) mass is 142 g/mol. The summed E-state index contributed by atoms with van der Waals surface area (Å²) in [6, 6.07) is 0. The fourth-order valence-electron chi connectivity index (χ4n) is 1.54. The smallest absolute Gasteiger partial charge is 0.0456 e. The van der Waals surface area contributed by atoms with Crippen LogP contribution in [0.25, 0.3) is 0 Å². The number of hydrogen-bond donors (Lipinski definition) is 1. The highest BCUT2D eigenvalue weighted by Gasteiger charge is 2.45. The molecule has 1 nitrogen and oxygen atoms in total. The molecule has 0 radical (unpaired) electrons. The minimum atomic E-state index is 0.354. The average molecular weight is 142 g/mol. The van der Waals surface area contributed by atoms with E-state index < -0.39 is 0 Å². The van der Waals surface area contributed by atoms with Crippen molar-refractivity contribution >= 4 is 0 Å². The van der Waals surface area contributed by atoms with Crippen LogP contribution < -0.4 is 0 Å². The highest BCUT2D eigenvalue weighted by atomic mass is 16.3. The van der Waals surface area contributed by atoms with E-state index in [1.54, 1.807) is 0 Å². The van der Waals surface area contributed by atoms with Gasteiger partial charge in [0.2, 0.25) is 0 Å². The van der Waals surface area contributed by atoms with E-state index in [1.807, 2.05) is 0 Å². The lowest BCUT2D eigenvalue weighted by Gasteiger charge is -2.07. The van der Waals surface area contributed by atoms with Crippen LogP contribution in [0, 0.1) is 17.3 Å². The SMILES string of the molecule is C[C@@H](CO)CC1CC1(C)C. The molecule has 0 saturated heterocycles. The Bertz CT molecular complexity index is 118. The van der Waals surface area contributed by atoms with Crippen LogP contribution in [0.4, 0.5) is 0 Å². The van der Waals surface area contributed by atoms with Crippen LogP contribution in [0.2, 0.25) is 0 Å². The highest BCUT2D eigenvalue weighted by molar-refractivity contribution is 4.95. The van der Waals surface area contributed by atoms with Crippen LogP contribution in [0.3, 0.4) is 0 Å². The van der Waals surface area contributed by atoms with E-state index >= 15 is 0 Å². The van der Waals surface area contributed by atoms with Crippen molar-refractivity contribution in [3.63, 3.8) is 0 Å². The first-order chi connectivity index (χ1) is 4.56. The van der Waals surface area contributed by atoms with E-state index in [4.69, 9.17) is 5.11 Å². The summed E-state index contributed by atoms with van der Waals surface area (Å²) >= 11 is 0. The van der Waals surface area contributed by atoms with Crippen molar-refractivity contribution in [2.75, 3.05) is 6.61 Å². The summed E-state index contributed by atoms with van der Waals surface area (Å²) in [7, 11) is 0. The van der Waals surface area contributed by atoms with Gasteiger partial charge in [0.15, 0.2) is 0 Å². The van der Waals surface area contributed by atoms with E-state index in [9.17, 15) is 0 Å². The maximum atomic E-state index is 8.78. The molecule has 1 aliphatic carbocycles. The van der Waals surface area contributed by atoms with Crippen molar-refractivity contribution < 1.29 is 5.11 Å². The lowest BCUT2D eigenvalue weighted by molar-refractivity contribution is 0.221. The molecular weight excluding hydrogens is 124 g/mol. The summed E-state index contributed by atoms with van der Waals surface area (Å²) in [6.45, 7) is 7.09. The summed E-state index contributed by atoms with van der Waals surface area (Å²) in [5.74, 6) is 1.39. The summed E-state index contributed by atoms with van der Waals surface area (Å²) in [6.07, 6.45) is 2.57. The van der Waals surface area contributed by atoms with Gasteiger partial charge in [-0.1, -0.05) is 20.8 Å². The predicted molar refractivity (Wildman–Crippen MR) is 42.8 cm³/mol. The summed E-state index contributed by atoms with van der Waals surface area (Å²) in [5, 5.41) is 8.78. The third-order valence-corrected chi connectivity index (χ3v) is 2.72. The van der Waals surface area contributed by atoms with Gasteiger partial charge in [-0.05, 0) is 30.1 Å². The summed E-state index contributed by atoms with van der Waals surface area (Å²) < 4.78 is 0. The minimum absolute atomic E-state index is 0.354. The van der Waals surface area contributed by atoms with Gasteiger partial charge >= 0.3 is 0 Å². The lowest BCUT2D eigenvalue weighted by atomic mass is 10.0. The second kappa shape index (κ2) is 2.54. The molecule has 2 atom stereocenters. The Labute approximate surface area is 63.4 Å². The Hall–Kier alpha value is -0.0400. The fourth-order valence-corrected chi connectivity index (χ4v) is 1.54. The molecule has 0 bridgehead atoms. The zero-order valence-corrected chi connectivity index (χ0v) is 7.22. The van der Waals surface area contributed by atoms with Crippen molar-refractivity contribution in [1.29, 1.82) is 0 Å². The van der Waals surface area contributed by atoms with Gasteiger partial charge in [-0.3, -0.25) is 0 Å². The van der Waals surface area contributed by atoms with Crippen molar-refractivity contribution in [1.82, 2.24) is 0 Å². The number of aliphatic hydroxyl groups is 1. The number of aliphatic hydroxyl groups excluding tert-OH is 1. The zero-order chi connectivity index (χ0) is 7.78. The molecule has 0 amide bonds. The first kappa shape index (κ1) is 8.06. The van der Waals surface area contributed by atoms with Crippen LogP contribution in [0.1, 0.15) is 33.6 Å². The molecule has 0 aromatic heterocycles. The first-order valence-electron chi connectivity index (χ1n) is 4.17. The fraction of sp³-hybridized carbons (Fsp3) is 1.00. The normalized spacial score (nSPS) is 31.8. The predicted octanol–water partition coefficient (Wildman–Crippen LogP) is 2.05. The Morgan fingerprint density at radius 2 is 2.10 bits per heavy atom. The molecule has 10 heavy (non-hydrogen) atoms. The van der Waals surface area contributed by atoms with Crippen LogP contribution in [-0.4, -0.2) is 11.7 Å². The number of hydrogen-bond acceptors (Lipinski definition) is 1. The molecule has 0 aromatic carbocycles. The minimum Gasteiger partial charge on any atom is -0.396 e. The van der Waals surface area contributed by atoms with E-state index in [2.05, 4.69) is 20.8 Å². The average Bonchev–Trinajstić information content (AvgIpc) is 2.40. The van der Waals surface area contributed by atoms with E-state index in [0.29, 0.717) is 17.9 Å². The highest BCUT2D eigenvalue weighted by Crippen LogP contribution is 2.54. The third kappa shape index (κ3) is 1.72. The van der Waals surface area contributed by atoms with E-state index in [0.717, 1.165) is 5.92 Å². The summed E-state index contributed by atoms with van der Waals surface area (Å²) in [5.41, 5.74) is 0.587. The van der Waals surface area contributed by atoms with Crippen molar-refractivity contribution in [2.45, 2.75) is 33.6 Å². The zero-order valence-electron chi connectivity index (χ0n) is 7.22. The molecule has 1 rings (SSSR count). The lowest BCUT2D eigenvalue weighted by Crippen LogP contribution is -2.03. The Morgan fingerprint density at radius 3 is 2.40 bits per heavy atom.